The van der Waals surface area contributed by atoms with Gasteiger partial charge >= 0.3 is 11.9 Å². The Balaban J connectivity index is 1.84. The Hall–Kier alpha value is -3.16. The monoisotopic (exact) mass is 542 g/mol. The summed E-state index contributed by atoms with van der Waals surface area (Å²) in [6, 6.07) is 3.67. The molecule has 216 valence electrons. The minimum Gasteiger partial charge on any atom is -0.504 e. The van der Waals surface area contributed by atoms with E-state index in [1.54, 1.807) is 6.07 Å². The number of benzene rings is 1. The molecule has 2 unspecified atom stereocenters. The predicted molar refractivity (Wildman–Crippen MR) is 152 cm³/mol. The standard InChI is InChI=1S/C31H46N2O6/c1-4-5-7-12-26(37-21(2)34)19-27(38-22(3)35)14-13-23-17-30(39-25-10-8-6-9-11-25)29(36)20-28(23)24-15-16-33-31(32)18-24/h15,17-18,20,25-27,33,36H,4-14,16,19,32H2,1-3H3. The first-order valence-corrected chi connectivity index (χ1v) is 14.5. The third-order valence-corrected chi connectivity index (χ3v) is 7.34. The second-order valence-corrected chi connectivity index (χ2v) is 10.7. The molecule has 1 heterocycles. The quantitative estimate of drug-likeness (QED) is 0.204. The number of aryl methyl sites for hydroxylation is 1. The number of unbranched alkanes of at least 4 members (excludes halogenated alkanes) is 2. The van der Waals surface area contributed by atoms with Crippen LogP contribution >= 0.6 is 0 Å². The average molecular weight is 543 g/mol. The van der Waals surface area contributed by atoms with Crippen molar-refractivity contribution in [3.8, 4) is 11.5 Å². The Labute approximate surface area is 233 Å². The molecule has 0 spiro atoms. The third kappa shape index (κ3) is 10.2. The first-order valence-electron chi connectivity index (χ1n) is 14.5. The van der Waals surface area contributed by atoms with Crippen LogP contribution in [-0.4, -0.2) is 41.9 Å². The van der Waals surface area contributed by atoms with Crippen molar-refractivity contribution in [3.63, 3.8) is 0 Å². The number of ether oxygens (including phenoxy) is 3. The number of rotatable bonds is 14. The lowest BCUT2D eigenvalue weighted by Gasteiger charge is -2.26. The van der Waals surface area contributed by atoms with Gasteiger partial charge in [0.05, 0.1) is 11.9 Å². The van der Waals surface area contributed by atoms with Crippen molar-refractivity contribution in [2.45, 2.75) is 116 Å². The second kappa shape index (κ2) is 15.4. The summed E-state index contributed by atoms with van der Waals surface area (Å²) in [5, 5.41) is 14.0. The molecule has 1 aliphatic heterocycles. The van der Waals surface area contributed by atoms with Gasteiger partial charge in [-0.3, -0.25) is 9.59 Å². The van der Waals surface area contributed by atoms with Crippen molar-refractivity contribution in [1.82, 2.24) is 5.32 Å². The number of dihydropyridines is 1. The van der Waals surface area contributed by atoms with Crippen LogP contribution in [-0.2, 0) is 25.5 Å². The Morgan fingerprint density at radius 1 is 1.05 bits per heavy atom. The molecule has 0 radical (unpaired) electrons. The summed E-state index contributed by atoms with van der Waals surface area (Å²) in [6.45, 7) is 5.54. The van der Waals surface area contributed by atoms with E-state index in [4.69, 9.17) is 19.9 Å². The largest absolute Gasteiger partial charge is 0.504 e. The van der Waals surface area contributed by atoms with Crippen LogP contribution in [0.25, 0.3) is 5.57 Å². The molecular weight excluding hydrogens is 496 g/mol. The van der Waals surface area contributed by atoms with Crippen molar-refractivity contribution in [1.29, 1.82) is 0 Å². The highest BCUT2D eigenvalue weighted by atomic mass is 16.6. The van der Waals surface area contributed by atoms with Crippen LogP contribution in [0.1, 0.15) is 103 Å². The highest BCUT2D eigenvalue weighted by Gasteiger charge is 2.24. The number of hydrogen-bond donors (Lipinski definition) is 3. The first kappa shape index (κ1) is 30.4. The Kier molecular flexibility index (Phi) is 12.0. The highest BCUT2D eigenvalue weighted by molar-refractivity contribution is 5.79. The zero-order chi connectivity index (χ0) is 28.2. The SMILES string of the molecule is CCCCCC(CC(CCc1cc(OC2CCCCC2)c(O)cc1C1=CCNC(N)=C1)OC(C)=O)OC(C)=O. The smallest absolute Gasteiger partial charge is 0.302 e. The number of nitrogens with two attached hydrogens (primary N) is 1. The molecule has 0 aromatic heterocycles. The minimum absolute atomic E-state index is 0.0957. The van der Waals surface area contributed by atoms with Gasteiger partial charge in [-0.1, -0.05) is 32.3 Å². The van der Waals surface area contributed by atoms with Crippen molar-refractivity contribution >= 4 is 17.5 Å². The molecular formula is C31H46N2O6. The Bertz CT molecular complexity index is 1030. The van der Waals surface area contributed by atoms with Crippen molar-refractivity contribution in [3.05, 3.63) is 41.2 Å². The molecule has 0 saturated heterocycles. The van der Waals surface area contributed by atoms with Crippen LogP contribution in [0, 0.1) is 0 Å². The van der Waals surface area contributed by atoms with Crippen LogP contribution in [0.3, 0.4) is 0 Å². The Morgan fingerprint density at radius 3 is 2.38 bits per heavy atom. The van der Waals surface area contributed by atoms with Crippen molar-refractivity contribution < 1.29 is 28.9 Å². The summed E-state index contributed by atoms with van der Waals surface area (Å²) in [4.78, 5) is 23.7. The number of allylic oxidation sites excluding steroid dienone is 2. The third-order valence-electron chi connectivity index (χ3n) is 7.34. The number of hydrogen-bond acceptors (Lipinski definition) is 8. The number of carbonyl (C=O) groups excluding carboxylic acids is 2. The Morgan fingerprint density at radius 2 is 1.74 bits per heavy atom. The summed E-state index contributed by atoms with van der Waals surface area (Å²) in [6.07, 6.45) is 14.1. The average Bonchev–Trinajstić information content (AvgIpc) is 2.88. The van der Waals surface area contributed by atoms with Crippen LogP contribution in [0.15, 0.2) is 30.1 Å². The highest BCUT2D eigenvalue weighted by Crippen LogP contribution is 2.37. The number of aromatic hydroxyl groups is 1. The fraction of sp³-hybridized carbons (Fsp3) is 0.613. The molecule has 2 aliphatic rings. The molecule has 1 fully saturated rings. The molecule has 1 aromatic rings. The van der Waals surface area contributed by atoms with Gasteiger partial charge in [0.1, 0.15) is 12.2 Å². The van der Waals surface area contributed by atoms with Gasteiger partial charge in [-0.15, -0.1) is 0 Å². The van der Waals surface area contributed by atoms with E-state index < -0.39 is 6.10 Å². The molecule has 39 heavy (non-hydrogen) atoms. The zero-order valence-corrected chi connectivity index (χ0v) is 23.8. The fourth-order valence-electron chi connectivity index (χ4n) is 5.44. The van der Waals surface area contributed by atoms with Gasteiger partial charge in [0.2, 0.25) is 0 Å². The minimum atomic E-state index is -0.416. The van der Waals surface area contributed by atoms with Gasteiger partial charge in [0.25, 0.3) is 0 Å². The van der Waals surface area contributed by atoms with E-state index in [0.29, 0.717) is 37.4 Å². The molecule has 1 aromatic carbocycles. The normalized spacial score (nSPS) is 17.3. The fourth-order valence-corrected chi connectivity index (χ4v) is 5.44. The van der Waals surface area contributed by atoms with Gasteiger partial charge in [-0.05, 0) is 86.3 Å². The molecule has 1 aliphatic carbocycles. The number of carbonyl (C=O) groups is 2. The van der Waals surface area contributed by atoms with Gasteiger partial charge in [-0.25, -0.2) is 0 Å². The molecule has 2 atom stereocenters. The van der Waals surface area contributed by atoms with E-state index in [1.165, 1.54) is 20.3 Å². The molecule has 8 heteroatoms. The van der Waals surface area contributed by atoms with Crippen LogP contribution in [0.4, 0.5) is 0 Å². The van der Waals surface area contributed by atoms with Gasteiger partial charge < -0.3 is 30.4 Å². The van der Waals surface area contributed by atoms with E-state index in [0.717, 1.165) is 68.1 Å². The molecule has 0 bridgehead atoms. The van der Waals surface area contributed by atoms with Gasteiger partial charge in [0.15, 0.2) is 11.5 Å². The summed E-state index contributed by atoms with van der Waals surface area (Å²) < 4.78 is 17.6. The predicted octanol–water partition coefficient (Wildman–Crippen LogP) is 5.66. The number of phenolic OH excluding ortho intramolecular Hbond substituents is 1. The topological polar surface area (TPSA) is 120 Å². The van der Waals surface area contributed by atoms with Gasteiger partial charge in [0, 0.05) is 26.8 Å². The molecule has 8 nitrogen and oxygen atoms in total. The lowest BCUT2D eigenvalue weighted by atomic mass is 9.92. The molecule has 0 amide bonds. The summed E-state index contributed by atoms with van der Waals surface area (Å²) >= 11 is 0. The number of nitrogens with one attached hydrogen (secondary N) is 1. The van der Waals surface area contributed by atoms with E-state index >= 15 is 0 Å². The summed E-state index contributed by atoms with van der Waals surface area (Å²) in [5.74, 6) is 0.459. The van der Waals surface area contributed by atoms with E-state index in [1.807, 2.05) is 18.2 Å². The van der Waals surface area contributed by atoms with Gasteiger partial charge in [-0.2, -0.15) is 0 Å². The lowest BCUT2D eigenvalue weighted by Crippen LogP contribution is -2.27. The van der Waals surface area contributed by atoms with Crippen LogP contribution < -0.4 is 15.8 Å². The lowest BCUT2D eigenvalue weighted by molar-refractivity contribution is -0.153. The second-order valence-electron chi connectivity index (χ2n) is 10.7. The number of phenols is 1. The van der Waals surface area contributed by atoms with Crippen LogP contribution in [0.5, 0.6) is 11.5 Å². The number of esters is 2. The zero-order valence-electron chi connectivity index (χ0n) is 23.8. The summed E-state index contributed by atoms with van der Waals surface area (Å²) in [5.41, 5.74) is 8.81. The first-order chi connectivity index (χ1) is 18.7. The molecule has 3 rings (SSSR count). The van der Waals surface area contributed by atoms with Crippen molar-refractivity contribution in [2.75, 3.05) is 6.54 Å². The maximum Gasteiger partial charge on any atom is 0.302 e. The van der Waals surface area contributed by atoms with Crippen molar-refractivity contribution in [2.24, 2.45) is 5.73 Å². The van der Waals surface area contributed by atoms with E-state index in [2.05, 4.69) is 12.2 Å². The molecule has 1 saturated carbocycles. The maximum atomic E-state index is 12.0. The van der Waals surface area contributed by atoms with E-state index in [-0.39, 0.29) is 29.9 Å². The van der Waals surface area contributed by atoms with E-state index in [9.17, 15) is 14.7 Å². The summed E-state index contributed by atoms with van der Waals surface area (Å²) in [7, 11) is 0. The molecule has 4 N–H and O–H groups in total. The van der Waals surface area contributed by atoms with Crippen LogP contribution in [0.2, 0.25) is 0 Å². The maximum absolute atomic E-state index is 12.0.